The quantitative estimate of drug-likeness (QED) is 0.0668. The van der Waals surface area contributed by atoms with E-state index in [0.29, 0.717) is 40.8 Å². The maximum Gasteiger partial charge on any atom is 0.343 e. The molecule has 5 aromatic carbocycles. The molecular formula is C46H32F4N2O6. The van der Waals surface area contributed by atoms with Gasteiger partial charge in [0, 0.05) is 82.6 Å². The third-order valence-corrected chi connectivity index (χ3v) is 13.8. The van der Waals surface area contributed by atoms with Crippen LogP contribution in [0.5, 0.6) is 23.0 Å². The summed E-state index contributed by atoms with van der Waals surface area (Å²) in [5.41, 5.74) is 2.32. The molecule has 0 saturated heterocycles. The van der Waals surface area contributed by atoms with Crippen LogP contribution >= 0.6 is 0 Å². The van der Waals surface area contributed by atoms with Crippen molar-refractivity contribution in [3.8, 4) is 23.0 Å². The molecule has 2 atom stereocenters. The van der Waals surface area contributed by atoms with Gasteiger partial charge in [0.25, 0.3) is 0 Å². The molecule has 8 heterocycles. The average Bonchev–Trinajstić information content (AvgIpc) is 3.71. The Kier molecular flexibility index (Phi) is 6.21. The summed E-state index contributed by atoms with van der Waals surface area (Å²) in [4.78, 5) is 32.7. The number of ether oxygens (including phenoxy) is 4. The molecule has 0 aromatic heterocycles. The zero-order chi connectivity index (χ0) is 39.0. The number of hydrogen-bond acceptors (Lipinski definition) is 8. The zero-order valence-electron chi connectivity index (χ0n) is 31.0. The number of rotatable bonds is 0. The zero-order valence-corrected chi connectivity index (χ0v) is 31.0. The number of carbonyl (C=O) groups is 2. The van der Waals surface area contributed by atoms with Crippen molar-refractivity contribution in [2.24, 2.45) is 0 Å². The van der Waals surface area contributed by atoms with Gasteiger partial charge in [0.15, 0.2) is 34.5 Å². The van der Waals surface area contributed by atoms with E-state index < -0.39 is 57.5 Å². The van der Waals surface area contributed by atoms with Crippen LogP contribution in [0.15, 0.2) is 48.5 Å². The molecular weight excluding hydrogens is 753 g/mol. The Balaban J connectivity index is 1.16. The fraction of sp³-hybridized carbons (Fsp3) is 0.304. The summed E-state index contributed by atoms with van der Waals surface area (Å²) >= 11 is 0. The van der Waals surface area contributed by atoms with Crippen molar-refractivity contribution < 1.29 is 46.1 Å². The van der Waals surface area contributed by atoms with Crippen LogP contribution in [-0.2, 0) is 46.4 Å². The molecule has 2 unspecified atom stereocenters. The fourth-order valence-corrected chi connectivity index (χ4v) is 11.6. The molecule has 0 N–H and O–H groups in total. The van der Waals surface area contributed by atoms with E-state index >= 15 is 17.6 Å². The molecule has 5 aromatic rings. The fourth-order valence-electron chi connectivity index (χ4n) is 11.6. The first-order valence-corrected chi connectivity index (χ1v) is 20.1. The van der Waals surface area contributed by atoms with Gasteiger partial charge in [0.05, 0.1) is 11.1 Å². The third kappa shape index (κ3) is 3.74. The SMILES string of the molecule is O=C1OC2(c3cc4c(cc3Oc3c2cc2c5c3CCCN5CCC2)Oc2c(cc3c5c2CCCN5CCC3)C42OC(=O)c3c(F)c(F)c(F)c(F)c32)c2ccccc21. The predicted octanol–water partition coefficient (Wildman–Crippen LogP) is 8.78. The van der Waals surface area contributed by atoms with E-state index in [0.717, 1.165) is 98.3 Å². The second-order valence-electron chi connectivity index (χ2n) is 16.6. The van der Waals surface area contributed by atoms with Gasteiger partial charge in [-0.15, -0.1) is 0 Å². The summed E-state index contributed by atoms with van der Waals surface area (Å²) in [6.07, 6.45) is 6.26. The lowest BCUT2D eigenvalue weighted by Crippen LogP contribution is -2.40. The minimum absolute atomic E-state index is 0.0307. The first kappa shape index (κ1) is 33.0. The van der Waals surface area contributed by atoms with Crippen LogP contribution in [-0.4, -0.2) is 38.1 Å². The van der Waals surface area contributed by atoms with Gasteiger partial charge in [-0.1, -0.05) is 18.2 Å². The van der Waals surface area contributed by atoms with Gasteiger partial charge in [-0.2, -0.15) is 0 Å². The molecule has 0 fully saturated rings. The van der Waals surface area contributed by atoms with Crippen molar-refractivity contribution in [2.75, 3.05) is 36.0 Å². The number of carbonyl (C=O) groups excluding carboxylic acids is 2. The van der Waals surface area contributed by atoms with E-state index in [1.165, 1.54) is 0 Å². The highest BCUT2D eigenvalue weighted by Crippen LogP contribution is 2.65. The van der Waals surface area contributed by atoms with Gasteiger partial charge in [-0.25, -0.2) is 27.2 Å². The van der Waals surface area contributed by atoms with Crippen molar-refractivity contribution in [2.45, 2.75) is 62.6 Å². The van der Waals surface area contributed by atoms with Crippen molar-refractivity contribution in [3.63, 3.8) is 0 Å². The van der Waals surface area contributed by atoms with Crippen LogP contribution in [0.1, 0.15) is 102 Å². The first-order valence-electron chi connectivity index (χ1n) is 20.1. The van der Waals surface area contributed by atoms with Gasteiger partial charge in [-0.3, -0.25) is 0 Å². The van der Waals surface area contributed by atoms with Crippen molar-refractivity contribution >= 4 is 23.3 Å². The highest BCUT2D eigenvalue weighted by atomic mass is 19.2. The van der Waals surface area contributed by atoms with Gasteiger partial charge >= 0.3 is 11.9 Å². The average molecular weight is 785 g/mol. The lowest BCUT2D eigenvalue weighted by molar-refractivity contribution is 0.0201. The van der Waals surface area contributed by atoms with Crippen molar-refractivity contribution in [1.82, 2.24) is 0 Å². The smallest absolute Gasteiger partial charge is 0.343 e. The second-order valence-corrected chi connectivity index (χ2v) is 16.6. The molecule has 0 saturated carbocycles. The molecule has 13 rings (SSSR count). The second kappa shape index (κ2) is 10.9. The number of aryl methyl sites for hydroxylation is 2. The highest BCUT2D eigenvalue weighted by molar-refractivity contribution is 5.99. The Morgan fingerprint density at radius 2 is 1.07 bits per heavy atom. The minimum Gasteiger partial charge on any atom is -0.456 e. The summed E-state index contributed by atoms with van der Waals surface area (Å²) in [5.74, 6) is -8.42. The number of hydrogen-bond donors (Lipinski definition) is 0. The monoisotopic (exact) mass is 784 g/mol. The molecule has 0 amide bonds. The van der Waals surface area contributed by atoms with Gasteiger partial charge in [0.2, 0.25) is 0 Å². The molecule has 290 valence electrons. The molecule has 8 aliphatic rings. The summed E-state index contributed by atoms with van der Waals surface area (Å²) in [6, 6.07) is 14.2. The number of esters is 2. The Labute approximate surface area is 328 Å². The summed E-state index contributed by atoms with van der Waals surface area (Å²) in [5, 5.41) is 0. The molecule has 0 radical (unpaired) electrons. The number of anilines is 2. The molecule has 8 aliphatic heterocycles. The highest BCUT2D eigenvalue weighted by Gasteiger charge is 2.61. The van der Waals surface area contributed by atoms with E-state index in [2.05, 4.69) is 15.9 Å². The minimum atomic E-state index is -2.33. The van der Waals surface area contributed by atoms with E-state index in [-0.39, 0.29) is 28.4 Å². The topological polar surface area (TPSA) is 77.5 Å². The number of halogens is 4. The van der Waals surface area contributed by atoms with E-state index in [4.69, 9.17) is 18.9 Å². The standard InChI is InChI=1S/C46H32F4N2O6/c47-35-33-34(36(48)38(50)37(35)49)46(58-44(33)54)28-19-27-31(20-32(28)56-42-25-11-6-16-52-14-4-8-22(40(25)52)18-30(42)46)55-41-24-10-5-15-51-13-3-7-21(39(24)51)17-29(41)45(27)26-12-2-1-9-23(26)43(53)57-45/h1-2,9,12,17-20H,3-8,10-11,13-16H2. The summed E-state index contributed by atoms with van der Waals surface area (Å²) < 4.78 is 90.0. The maximum atomic E-state index is 16.7. The maximum absolute atomic E-state index is 16.7. The van der Waals surface area contributed by atoms with Crippen LogP contribution in [0.4, 0.5) is 28.9 Å². The Morgan fingerprint density at radius 1 is 0.534 bits per heavy atom. The molecule has 0 bridgehead atoms. The van der Waals surface area contributed by atoms with Crippen molar-refractivity contribution in [3.05, 3.63) is 139 Å². The largest absolute Gasteiger partial charge is 0.456 e. The summed E-state index contributed by atoms with van der Waals surface area (Å²) in [7, 11) is 0. The molecule has 0 aliphatic carbocycles. The van der Waals surface area contributed by atoms with Crippen LogP contribution in [0.2, 0.25) is 0 Å². The number of benzene rings is 5. The molecule has 58 heavy (non-hydrogen) atoms. The number of nitrogens with zero attached hydrogens (tertiary/aromatic N) is 2. The van der Waals surface area contributed by atoms with Crippen LogP contribution in [0, 0.1) is 23.3 Å². The van der Waals surface area contributed by atoms with E-state index in [9.17, 15) is 9.59 Å². The predicted molar refractivity (Wildman–Crippen MR) is 200 cm³/mol. The summed E-state index contributed by atoms with van der Waals surface area (Å²) in [6.45, 7) is 3.50. The van der Waals surface area contributed by atoms with Crippen LogP contribution < -0.4 is 19.3 Å². The number of fused-ring (bicyclic) bond motifs is 14. The van der Waals surface area contributed by atoms with Crippen LogP contribution in [0.3, 0.4) is 0 Å². The first-order chi connectivity index (χ1) is 28.2. The Hall–Kier alpha value is -6.04. The molecule has 8 nitrogen and oxygen atoms in total. The van der Waals surface area contributed by atoms with Gasteiger partial charge in [0.1, 0.15) is 28.6 Å². The van der Waals surface area contributed by atoms with Crippen molar-refractivity contribution in [1.29, 1.82) is 0 Å². The van der Waals surface area contributed by atoms with Gasteiger partial charge in [-0.05, 0) is 86.8 Å². The van der Waals surface area contributed by atoms with E-state index in [1.807, 2.05) is 12.1 Å². The molecule has 2 spiro atoms. The van der Waals surface area contributed by atoms with Gasteiger partial charge < -0.3 is 28.7 Å². The molecule has 12 heteroatoms. The normalized spacial score (nSPS) is 23.4. The lowest BCUT2D eigenvalue weighted by Gasteiger charge is -2.45. The van der Waals surface area contributed by atoms with Crippen LogP contribution in [0.25, 0.3) is 0 Å². The lowest BCUT2D eigenvalue weighted by atomic mass is 9.71. The third-order valence-electron chi connectivity index (χ3n) is 13.8. The Morgan fingerprint density at radius 3 is 1.71 bits per heavy atom. The Bertz CT molecular complexity index is 2840. The van der Waals surface area contributed by atoms with E-state index in [1.54, 1.807) is 30.3 Å².